The molecule has 0 bridgehead atoms. The zero-order chi connectivity index (χ0) is 27.1. The monoisotopic (exact) mass is 486 g/mol. The van der Waals surface area contributed by atoms with Crippen LogP contribution in [0.4, 0.5) is 8.78 Å². The molecule has 1 aliphatic carbocycles. The van der Waals surface area contributed by atoms with Gasteiger partial charge in [-0.05, 0) is 29.3 Å². The van der Waals surface area contributed by atoms with Gasteiger partial charge in [-0.3, -0.25) is 14.5 Å². The molecular weight excluding hydrogens is 462 g/mol. The number of allylic oxidation sites excluding steroid dienone is 1. The fourth-order valence-electron chi connectivity index (χ4n) is 4.99. The van der Waals surface area contributed by atoms with E-state index in [0.717, 1.165) is 17.0 Å². The van der Waals surface area contributed by atoms with Crippen molar-refractivity contribution in [3.63, 3.8) is 0 Å². The topological polar surface area (TPSA) is 70.1 Å². The van der Waals surface area contributed by atoms with Gasteiger partial charge in [0.05, 0.1) is 36.3 Å². The van der Waals surface area contributed by atoms with Gasteiger partial charge >= 0.3 is 0 Å². The second-order valence-corrected chi connectivity index (χ2v) is 9.23. The second kappa shape index (κ2) is 8.04. The molecule has 0 saturated carbocycles. The van der Waals surface area contributed by atoms with Gasteiger partial charge in [0.2, 0.25) is 5.78 Å². The zero-order valence-electron chi connectivity index (χ0n) is 21.5. The Morgan fingerprint density at radius 3 is 2.82 bits per heavy atom. The average molecular weight is 487 g/mol. The Hall–Kier alpha value is -3.01. The third-order valence-corrected chi connectivity index (χ3v) is 7.62. The number of amides is 1. The lowest BCUT2D eigenvalue weighted by atomic mass is 9.85. The first kappa shape index (κ1) is 17.4. The van der Waals surface area contributed by atoms with Crippen LogP contribution in [0.3, 0.4) is 0 Å². The van der Waals surface area contributed by atoms with Crippen LogP contribution in [0, 0.1) is 11.6 Å². The molecule has 3 aliphatic heterocycles. The van der Waals surface area contributed by atoms with Crippen molar-refractivity contribution >= 4 is 23.5 Å². The molecule has 1 unspecified atom stereocenters. The van der Waals surface area contributed by atoms with E-state index in [-0.39, 0.29) is 11.3 Å². The highest BCUT2D eigenvalue weighted by molar-refractivity contribution is 7.98. The minimum Gasteiger partial charge on any atom is -0.504 e. The number of carbonyl (C=O) groups excluding carboxylic acids is 2. The van der Waals surface area contributed by atoms with Crippen LogP contribution in [-0.2, 0) is 20.1 Å². The van der Waals surface area contributed by atoms with Crippen LogP contribution >= 0.6 is 11.8 Å². The number of nitrogens with zero attached hydrogens (tertiary/aromatic N) is 2. The lowest BCUT2D eigenvalue weighted by Gasteiger charge is -2.53. The number of fused-ring (bicyclic) bond motifs is 4. The maximum atomic E-state index is 15.2. The Labute approximate surface area is 204 Å². The maximum absolute atomic E-state index is 15.2. The van der Waals surface area contributed by atoms with Crippen molar-refractivity contribution in [2.45, 2.75) is 28.9 Å². The van der Waals surface area contributed by atoms with E-state index in [2.05, 4.69) is 0 Å². The van der Waals surface area contributed by atoms with Gasteiger partial charge in [-0.2, -0.15) is 0 Å². The van der Waals surface area contributed by atoms with E-state index in [0.29, 0.717) is 16.0 Å². The molecule has 174 valence electrons. The second-order valence-electron chi connectivity index (χ2n) is 8.22. The number of carbonyl (C=O) groups is 2. The first-order valence-corrected chi connectivity index (χ1v) is 11.5. The van der Waals surface area contributed by atoms with E-state index in [9.17, 15) is 19.1 Å². The predicted molar refractivity (Wildman–Crippen MR) is 120 cm³/mol. The summed E-state index contributed by atoms with van der Waals surface area (Å²) in [5.41, 5.74) is 0.665. The molecule has 0 radical (unpaired) electrons. The van der Waals surface area contributed by atoms with E-state index in [1.165, 1.54) is 23.9 Å². The minimum atomic E-state index is -3.01. The summed E-state index contributed by atoms with van der Waals surface area (Å²) in [5.74, 6) is -4.75. The summed E-state index contributed by atoms with van der Waals surface area (Å²) in [7, 11) is 0. The van der Waals surface area contributed by atoms with Crippen LogP contribution in [-0.4, -0.2) is 58.5 Å². The molecule has 9 heteroatoms. The SMILES string of the molecule is [2H]C1([2H])OC[C@H]2N([C@@H]3c4ccccc4SCc4c3ccc(F)c4F)C3C=CC(=O)C(O)=C3C(=O)N2C1([2H])[2H]. The van der Waals surface area contributed by atoms with Crippen LogP contribution in [0.25, 0.3) is 0 Å². The predicted octanol–water partition coefficient (Wildman–Crippen LogP) is 3.48. The molecule has 2 fully saturated rings. The van der Waals surface area contributed by atoms with Crippen molar-refractivity contribution in [1.29, 1.82) is 0 Å². The van der Waals surface area contributed by atoms with Crippen molar-refractivity contribution < 1.29 is 33.7 Å². The van der Waals surface area contributed by atoms with Crippen LogP contribution < -0.4 is 0 Å². The van der Waals surface area contributed by atoms with Crippen molar-refractivity contribution in [3.05, 3.63) is 88.2 Å². The van der Waals surface area contributed by atoms with Gasteiger partial charge in [0.1, 0.15) is 6.17 Å². The van der Waals surface area contributed by atoms with Crippen LogP contribution in [0.1, 0.15) is 28.2 Å². The molecule has 1 amide bonds. The standard InChI is InChI=1S/C25H20F2N2O4S/c26-16-6-5-13-15(22(16)27)12-34-19-4-2-1-3-14(19)23(13)29-17-7-8-18(30)24(31)21(17)25(32)28-9-10-33-11-20(28)29/h1-8,17,20,23,31H,9-12H2/t17?,20-,23+/m1/s1/i9D2,10D2. The third-order valence-electron chi connectivity index (χ3n) is 6.51. The molecule has 2 aromatic carbocycles. The van der Waals surface area contributed by atoms with E-state index >= 15 is 4.39 Å². The normalized spacial score (nSPS) is 31.2. The summed E-state index contributed by atoms with van der Waals surface area (Å²) in [4.78, 5) is 29.0. The molecule has 3 heterocycles. The van der Waals surface area contributed by atoms with Crippen LogP contribution in [0.5, 0.6) is 0 Å². The molecule has 0 spiro atoms. The smallest absolute Gasteiger partial charge is 0.257 e. The molecule has 2 saturated heterocycles. The quantitative estimate of drug-likeness (QED) is 0.666. The van der Waals surface area contributed by atoms with E-state index in [1.54, 1.807) is 23.1 Å². The number of halogens is 2. The number of rotatable bonds is 1. The van der Waals surface area contributed by atoms with E-state index in [4.69, 9.17) is 10.2 Å². The Morgan fingerprint density at radius 1 is 1.15 bits per heavy atom. The number of thioether (sulfide) groups is 1. The molecular formula is C25H20F2N2O4S. The first-order chi connectivity index (χ1) is 18.0. The summed E-state index contributed by atoms with van der Waals surface area (Å²) in [6.07, 6.45) is 1.26. The van der Waals surface area contributed by atoms with Gasteiger partial charge in [-0.1, -0.05) is 30.3 Å². The van der Waals surface area contributed by atoms with E-state index < -0.39 is 72.6 Å². The van der Waals surface area contributed by atoms with Crippen LogP contribution in [0.2, 0.25) is 0 Å². The molecule has 1 N–H and O–H groups in total. The lowest BCUT2D eigenvalue weighted by molar-refractivity contribution is -0.158. The van der Waals surface area contributed by atoms with Gasteiger partial charge in [0, 0.05) is 22.7 Å². The highest BCUT2D eigenvalue weighted by Gasteiger charge is 2.51. The number of aliphatic hydroxyl groups excluding tert-OH is 1. The molecule has 6 nitrogen and oxygen atoms in total. The van der Waals surface area contributed by atoms with Crippen molar-refractivity contribution in [2.75, 3.05) is 19.7 Å². The minimum absolute atomic E-state index is 0.0836. The van der Waals surface area contributed by atoms with Crippen molar-refractivity contribution in [3.8, 4) is 0 Å². The largest absolute Gasteiger partial charge is 0.504 e. The summed E-state index contributed by atoms with van der Waals surface area (Å²) in [6, 6.07) is 7.57. The van der Waals surface area contributed by atoms with Gasteiger partial charge in [0.15, 0.2) is 17.4 Å². The maximum Gasteiger partial charge on any atom is 0.257 e. The molecule has 6 rings (SSSR count). The number of ketones is 1. The highest BCUT2D eigenvalue weighted by Crippen LogP contribution is 2.47. The Bertz CT molecular complexity index is 1470. The third kappa shape index (κ3) is 3.07. The fourth-order valence-corrected chi connectivity index (χ4v) is 6.10. The fraction of sp³-hybridized carbons (Fsp3) is 0.280. The summed E-state index contributed by atoms with van der Waals surface area (Å²) in [5, 5.41) is 10.7. The van der Waals surface area contributed by atoms with Gasteiger partial charge in [0.25, 0.3) is 5.91 Å². The van der Waals surface area contributed by atoms with E-state index in [1.807, 2.05) is 6.07 Å². The van der Waals surface area contributed by atoms with Gasteiger partial charge < -0.3 is 14.7 Å². The summed E-state index contributed by atoms with van der Waals surface area (Å²) >= 11 is 1.29. The molecule has 0 aromatic heterocycles. The first-order valence-electron chi connectivity index (χ1n) is 12.5. The molecule has 34 heavy (non-hydrogen) atoms. The Balaban J connectivity index is 1.65. The van der Waals surface area contributed by atoms with Gasteiger partial charge in [-0.25, -0.2) is 8.78 Å². The number of hydrogen-bond acceptors (Lipinski definition) is 6. The highest BCUT2D eigenvalue weighted by atomic mass is 32.2. The van der Waals surface area contributed by atoms with Crippen molar-refractivity contribution in [2.24, 2.45) is 0 Å². The Kier molecular flexibility index (Phi) is 4.12. The van der Waals surface area contributed by atoms with Gasteiger partial charge in [-0.15, -0.1) is 11.8 Å². The lowest BCUT2D eigenvalue weighted by Crippen LogP contribution is -2.66. The summed E-state index contributed by atoms with van der Waals surface area (Å²) in [6.45, 7) is -6.38. The van der Waals surface area contributed by atoms with Crippen molar-refractivity contribution in [1.82, 2.24) is 9.80 Å². The average Bonchev–Trinajstić information content (AvgIpc) is 3.03. The molecule has 2 aromatic rings. The number of morpholine rings is 1. The number of hydrogen-bond donors (Lipinski definition) is 1. The Morgan fingerprint density at radius 2 is 1.97 bits per heavy atom. The molecule has 3 atom stereocenters. The summed E-state index contributed by atoms with van der Waals surface area (Å²) < 4.78 is 68.1. The zero-order valence-corrected chi connectivity index (χ0v) is 18.3. The number of ether oxygens (including phenoxy) is 1. The molecule has 4 aliphatic rings. The van der Waals surface area contributed by atoms with Crippen LogP contribution in [0.15, 0.2) is 64.8 Å². The number of benzene rings is 2. The number of aliphatic hydroxyl groups is 1.